The summed E-state index contributed by atoms with van der Waals surface area (Å²) in [6, 6.07) is 5.86. The van der Waals surface area contributed by atoms with Crippen molar-refractivity contribution in [3.63, 3.8) is 0 Å². The number of H-pyrrole nitrogens is 1. The fourth-order valence-electron chi connectivity index (χ4n) is 1.04. The maximum atomic E-state index is 10.8. The van der Waals surface area contributed by atoms with E-state index < -0.39 is 10.1 Å². The molecule has 5 nitrogen and oxygen atoms in total. The largest absolute Gasteiger partial charge is 0.294 e. The van der Waals surface area contributed by atoms with E-state index >= 15 is 0 Å². The molecule has 0 aliphatic heterocycles. The number of benzene rings is 1. The van der Waals surface area contributed by atoms with E-state index in [-0.39, 0.29) is 4.90 Å². The van der Waals surface area contributed by atoms with Gasteiger partial charge in [-0.05, 0) is 36.5 Å². The third kappa shape index (κ3) is 3.36. The molecule has 9 heteroatoms. The summed E-state index contributed by atoms with van der Waals surface area (Å²) >= 11 is 7.59. The van der Waals surface area contributed by atoms with Crippen LogP contribution in [0.1, 0.15) is 0 Å². The molecule has 0 bridgehead atoms. The van der Waals surface area contributed by atoms with E-state index in [1.54, 1.807) is 12.1 Å². The summed E-state index contributed by atoms with van der Waals surface area (Å²) in [4.78, 5) is 0.687. The Morgan fingerprint density at radius 1 is 1.35 bits per heavy atom. The van der Waals surface area contributed by atoms with E-state index in [1.807, 2.05) is 0 Å². The maximum absolute atomic E-state index is 10.8. The van der Waals surface area contributed by atoms with Crippen molar-refractivity contribution in [2.75, 3.05) is 0 Å². The van der Waals surface area contributed by atoms with Gasteiger partial charge in [-0.1, -0.05) is 23.1 Å². The number of nitrogens with one attached hydrogen (secondary N) is 1. The fourth-order valence-corrected chi connectivity index (χ4v) is 3.57. The number of aromatic nitrogens is 2. The Hall–Kier alpha value is -0.740. The molecule has 0 saturated heterocycles. The third-order valence-corrected chi connectivity index (χ3v) is 4.77. The Balaban J connectivity index is 2.22. The van der Waals surface area contributed by atoms with Crippen LogP contribution in [-0.2, 0) is 10.1 Å². The van der Waals surface area contributed by atoms with E-state index in [2.05, 4.69) is 10.2 Å². The first-order valence-electron chi connectivity index (χ1n) is 4.26. The highest BCUT2D eigenvalue weighted by Gasteiger charge is 2.09. The van der Waals surface area contributed by atoms with Crippen molar-refractivity contribution < 1.29 is 13.0 Å². The average molecular weight is 306 g/mol. The molecule has 17 heavy (non-hydrogen) atoms. The molecule has 1 aromatic heterocycles. The Morgan fingerprint density at radius 2 is 2.00 bits per heavy atom. The smallest absolute Gasteiger partial charge is 0.282 e. The van der Waals surface area contributed by atoms with Gasteiger partial charge >= 0.3 is 0 Å². The molecule has 0 radical (unpaired) electrons. The summed E-state index contributed by atoms with van der Waals surface area (Å²) < 4.78 is 31.8. The van der Waals surface area contributed by atoms with Crippen LogP contribution in [0.2, 0.25) is 0 Å². The quantitative estimate of drug-likeness (QED) is 0.670. The standard InChI is InChI=1S/C8H6N2O3S4/c11-17(12,13)6-3-1-5(2-4-6)15-8-10-9-7(14)16-8/h1-4H,(H,9,14)(H,11,12,13). The zero-order valence-corrected chi connectivity index (χ0v) is 11.4. The van der Waals surface area contributed by atoms with Gasteiger partial charge in [0.15, 0.2) is 8.29 Å². The van der Waals surface area contributed by atoms with Gasteiger partial charge in [0, 0.05) is 4.90 Å². The molecule has 0 aliphatic carbocycles. The van der Waals surface area contributed by atoms with E-state index in [0.717, 1.165) is 9.24 Å². The second kappa shape index (κ2) is 4.86. The molecule has 0 amide bonds. The molecule has 0 aliphatic rings. The lowest BCUT2D eigenvalue weighted by Gasteiger charge is -1.99. The van der Waals surface area contributed by atoms with Crippen molar-refractivity contribution in [1.82, 2.24) is 10.2 Å². The molecule has 90 valence electrons. The molecule has 1 aromatic carbocycles. The summed E-state index contributed by atoms with van der Waals surface area (Å²) in [6.45, 7) is 0. The number of hydrogen-bond donors (Lipinski definition) is 2. The summed E-state index contributed by atoms with van der Waals surface area (Å²) in [5.41, 5.74) is 0. The Labute approximate surface area is 111 Å². The monoisotopic (exact) mass is 306 g/mol. The molecule has 2 aromatic rings. The van der Waals surface area contributed by atoms with Gasteiger partial charge in [-0.2, -0.15) is 13.5 Å². The predicted octanol–water partition coefficient (Wildman–Crippen LogP) is 2.60. The number of aromatic amines is 1. The van der Waals surface area contributed by atoms with Crippen molar-refractivity contribution >= 4 is 45.4 Å². The van der Waals surface area contributed by atoms with Crippen molar-refractivity contribution in [2.45, 2.75) is 14.1 Å². The minimum atomic E-state index is -4.13. The average Bonchev–Trinajstić information content (AvgIpc) is 2.63. The van der Waals surface area contributed by atoms with Crippen molar-refractivity contribution in [1.29, 1.82) is 0 Å². The van der Waals surface area contributed by atoms with E-state index in [0.29, 0.717) is 3.95 Å². The second-order valence-corrected chi connectivity index (χ2v) is 7.34. The van der Waals surface area contributed by atoms with Gasteiger partial charge in [0.05, 0.1) is 4.90 Å². The first kappa shape index (κ1) is 12.7. The Morgan fingerprint density at radius 3 is 2.47 bits per heavy atom. The van der Waals surface area contributed by atoms with Gasteiger partial charge < -0.3 is 0 Å². The van der Waals surface area contributed by atoms with Crippen LogP contribution >= 0.6 is 35.3 Å². The van der Waals surface area contributed by atoms with Crippen LogP contribution in [0.25, 0.3) is 0 Å². The topological polar surface area (TPSA) is 83.1 Å². The first-order valence-corrected chi connectivity index (χ1v) is 7.74. The third-order valence-electron chi connectivity index (χ3n) is 1.75. The van der Waals surface area contributed by atoms with Crippen molar-refractivity contribution in [3.8, 4) is 0 Å². The van der Waals surface area contributed by atoms with Gasteiger partial charge in [-0.25, -0.2) is 0 Å². The lowest BCUT2D eigenvalue weighted by atomic mass is 10.4. The van der Waals surface area contributed by atoms with Crippen molar-refractivity contribution in [3.05, 3.63) is 28.2 Å². The molecule has 0 fully saturated rings. The maximum Gasteiger partial charge on any atom is 0.294 e. The molecule has 2 rings (SSSR count). The molecule has 0 spiro atoms. The van der Waals surface area contributed by atoms with Gasteiger partial charge in [0.25, 0.3) is 10.1 Å². The van der Waals surface area contributed by atoms with Crippen LogP contribution < -0.4 is 0 Å². The van der Waals surface area contributed by atoms with Crippen LogP contribution in [0.3, 0.4) is 0 Å². The highest BCUT2D eigenvalue weighted by molar-refractivity contribution is 8.01. The molecule has 1 heterocycles. The summed E-state index contributed by atoms with van der Waals surface area (Å²) in [7, 11) is -4.13. The summed E-state index contributed by atoms with van der Waals surface area (Å²) in [5.74, 6) is 0. The molecular weight excluding hydrogens is 300 g/mol. The lowest BCUT2D eigenvalue weighted by molar-refractivity contribution is 0.483. The van der Waals surface area contributed by atoms with Crippen LogP contribution in [0, 0.1) is 3.95 Å². The predicted molar refractivity (Wildman–Crippen MR) is 67.7 cm³/mol. The van der Waals surface area contributed by atoms with Crippen LogP contribution in [0.4, 0.5) is 0 Å². The molecule has 0 saturated carbocycles. The number of nitrogens with zero attached hydrogens (tertiary/aromatic N) is 1. The highest BCUT2D eigenvalue weighted by Crippen LogP contribution is 2.29. The minimum absolute atomic E-state index is 0.128. The normalized spacial score (nSPS) is 11.6. The van der Waals surface area contributed by atoms with E-state index in [9.17, 15) is 8.42 Å². The second-order valence-electron chi connectivity index (χ2n) is 2.93. The molecule has 0 atom stereocenters. The molecular formula is C8H6N2O3S4. The summed E-state index contributed by atoms with van der Waals surface area (Å²) in [5, 5.41) is 6.62. The fraction of sp³-hybridized carbons (Fsp3) is 0. The summed E-state index contributed by atoms with van der Waals surface area (Å²) in [6.07, 6.45) is 0. The van der Waals surface area contributed by atoms with Crippen LogP contribution in [-0.4, -0.2) is 23.2 Å². The van der Waals surface area contributed by atoms with Gasteiger partial charge in [0.2, 0.25) is 0 Å². The van der Waals surface area contributed by atoms with Gasteiger partial charge in [-0.15, -0.1) is 0 Å². The first-order chi connectivity index (χ1) is 7.95. The Kier molecular flexibility index (Phi) is 3.64. The molecule has 0 unspecified atom stereocenters. The van der Waals surface area contributed by atoms with Crippen LogP contribution in [0.15, 0.2) is 38.4 Å². The highest BCUT2D eigenvalue weighted by atomic mass is 32.2. The van der Waals surface area contributed by atoms with E-state index in [4.69, 9.17) is 16.8 Å². The van der Waals surface area contributed by atoms with Gasteiger partial charge in [0.1, 0.15) is 0 Å². The molecule has 2 N–H and O–H groups in total. The van der Waals surface area contributed by atoms with Gasteiger partial charge in [-0.3, -0.25) is 9.65 Å². The van der Waals surface area contributed by atoms with Crippen molar-refractivity contribution in [2.24, 2.45) is 0 Å². The number of rotatable bonds is 3. The van der Waals surface area contributed by atoms with E-state index in [1.165, 1.54) is 35.2 Å². The van der Waals surface area contributed by atoms with Crippen LogP contribution in [0.5, 0.6) is 0 Å². The Bertz CT molecular complexity index is 671. The lowest BCUT2D eigenvalue weighted by Crippen LogP contribution is -1.96. The number of hydrogen-bond acceptors (Lipinski definition) is 6. The zero-order valence-electron chi connectivity index (χ0n) is 8.15. The zero-order chi connectivity index (χ0) is 12.5. The SMILES string of the molecule is O=S(=O)(O)c1ccc(Sc2n[nH]c(=S)s2)cc1. The minimum Gasteiger partial charge on any atom is -0.282 e.